The molecule has 0 bridgehead atoms. The molecule has 162 valence electrons. The minimum atomic E-state index is -0.687. The van der Waals surface area contributed by atoms with Crippen LogP contribution in [0.1, 0.15) is 42.1 Å². The Hall–Kier alpha value is -2.93. The third-order valence-corrected chi connectivity index (χ3v) is 5.79. The third kappa shape index (κ3) is 5.41. The van der Waals surface area contributed by atoms with Crippen molar-refractivity contribution in [1.82, 2.24) is 9.97 Å². The van der Waals surface area contributed by atoms with Crippen molar-refractivity contribution in [1.29, 1.82) is 0 Å². The first-order valence-corrected chi connectivity index (χ1v) is 10.9. The number of H-pyrrole nitrogens is 1. The van der Waals surface area contributed by atoms with Gasteiger partial charge in [0.2, 0.25) is 0 Å². The van der Waals surface area contributed by atoms with Gasteiger partial charge in [0.1, 0.15) is 17.4 Å². The number of nitrogens with zero attached hydrogens (tertiary/aromatic N) is 1. The molecule has 0 radical (unpaired) electrons. The zero-order valence-corrected chi connectivity index (χ0v) is 18.4. The Morgan fingerprint density at radius 3 is 2.45 bits per heavy atom. The van der Waals surface area contributed by atoms with Gasteiger partial charge in [-0.3, -0.25) is 4.79 Å². The molecule has 1 heterocycles. The molecular weight excluding hydrogens is 418 g/mol. The fourth-order valence-corrected chi connectivity index (χ4v) is 4.03. The second kappa shape index (κ2) is 10.4. The van der Waals surface area contributed by atoms with Crippen molar-refractivity contribution in [2.75, 3.05) is 12.9 Å². The third-order valence-electron chi connectivity index (χ3n) is 4.96. The molecule has 0 aliphatic carbocycles. The molecule has 0 aliphatic heterocycles. The normalized spacial score (nSPS) is 12.3. The molecule has 0 spiro atoms. The van der Waals surface area contributed by atoms with E-state index in [2.05, 4.69) is 9.97 Å². The van der Waals surface area contributed by atoms with Gasteiger partial charge in [-0.05, 0) is 36.2 Å². The molecule has 0 amide bonds. The molecule has 0 fully saturated rings. The number of hydrogen-bond donors (Lipinski definition) is 1. The molecule has 1 aromatic heterocycles. The van der Waals surface area contributed by atoms with Gasteiger partial charge in [0.15, 0.2) is 5.16 Å². The number of ether oxygens (including phenoxy) is 1. The van der Waals surface area contributed by atoms with E-state index in [4.69, 9.17) is 4.74 Å². The maximum atomic E-state index is 14.3. The van der Waals surface area contributed by atoms with Crippen molar-refractivity contribution in [3.63, 3.8) is 0 Å². The van der Waals surface area contributed by atoms with Crippen LogP contribution in [0.3, 0.4) is 0 Å². The Balaban J connectivity index is 1.81. The van der Waals surface area contributed by atoms with Crippen LogP contribution in [0.4, 0.5) is 8.78 Å². The molecule has 3 rings (SSSR count). The van der Waals surface area contributed by atoms with E-state index in [1.54, 1.807) is 14.0 Å². The first-order chi connectivity index (χ1) is 14.9. The summed E-state index contributed by atoms with van der Waals surface area (Å²) in [6, 6.07) is 11.4. The summed E-state index contributed by atoms with van der Waals surface area (Å²) >= 11 is 1.35. The lowest BCUT2D eigenvalue weighted by atomic mass is 9.93. The van der Waals surface area contributed by atoms with E-state index < -0.39 is 17.6 Å². The highest BCUT2D eigenvalue weighted by molar-refractivity contribution is 7.99. The molecule has 31 heavy (non-hydrogen) atoms. The van der Waals surface area contributed by atoms with Crippen molar-refractivity contribution < 1.29 is 13.5 Å². The van der Waals surface area contributed by atoms with Crippen molar-refractivity contribution >= 4 is 17.8 Å². The maximum absolute atomic E-state index is 14.3. The monoisotopic (exact) mass is 442 g/mol. The number of benzene rings is 2. The molecule has 0 saturated heterocycles. The minimum absolute atomic E-state index is 0.0781. The number of rotatable bonds is 8. The van der Waals surface area contributed by atoms with E-state index in [1.807, 2.05) is 43.3 Å². The zero-order chi connectivity index (χ0) is 22.4. The molecule has 1 N–H and O–H groups in total. The standard InChI is InChI=1S/C24H24F2N2O2S/c1-4-18-22(15(2)21-19(25)8-5-9-20(21)26)27-24(28-23(18)29)31-14-6-7-16-10-12-17(30-3)13-11-16/h5-13,15H,4,14H2,1-3H3,(H,27,28,29)/b7-6+. The number of nitrogens with one attached hydrogen (secondary N) is 1. The van der Waals surface area contributed by atoms with Gasteiger partial charge >= 0.3 is 0 Å². The Morgan fingerprint density at radius 1 is 1.16 bits per heavy atom. The number of halogens is 2. The molecule has 7 heteroatoms. The summed E-state index contributed by atoms with van der Waals surface area (Å²) in [5, 5.41) is 0.417. The van der Waals surface area contributed by atoms with Crippen molar-refractivity contribution in [2.24, 2.45) is 0 Å². The number of methoxy groups -OCH3 is 1. The van der Waals surface area contributed by atoms with Gasteiger partial charge in [0.25, 0.3) is 5.56 Å². The first kappa shape index (κ1) is 22.7. The van der Waals surface area contributed by atoms with Gasteiger partial charge in [-0.15, -0.1) is 0 Å². The molecular formula is C24H24F2N2O2S. The Bertz CT molecular complexity index is 1110. The average molecular weight is 443 g/mol. The van der Waals surface area contributed by atoms with Crippen LogP contribution in [0, 0.1) is 11.6 Å². The first-order valence-electron chi connectivity index (χ1n) is 9.95. The second-order valence-electron chi connectivity index (χ2n) is 6.93. The quantitative estimate of drug-likeness (QED) is 0.366. The van der Waals surface area contributed by atoms with Crippen molar-refractivity contribution in [2.45, 2.75) is 31.3 Å². The molecule has 2 aromatic carbocycles. The van der Waals surface area contributed by atoms with Crippen LogP contribution >= 0.6 is 11.8 Å². The van der Waals surface area contributed by atoms with E-state index in [1.165, 1.54) is 30.0 Å². The van der Waals surface area contributed by atoms with Crippen molar-refractivity contribution in [3.8, 4) is 5.75 Å². The molecule has 3 aromatic rings. The lowest BCUT2D eigenvalue weighted by Crippen LogP contribution is -2.20. The highest BCUT2D eigenvalue weighted by atomic mass is 32.2. The van der Waals surface area contributed by atoms with Crippen LogP contribution in [0.5, 0.6) is 5.75 Å². The molecule has 1 atom stereocenters. The van der Waals surface area contributed by atoms with E-state index in [0.717, 1.165) is 11.3 Å². The summed E-state index contributed by atoms with van der Waals surface area (Å²) < 4.78 is 33.8. The SMILES string of the molecule is CCc1c(C(C)c2c(F)cccc2F)nc(SC/C=C/c2ccc(OC)cc2)[nH]c1=O. The summed E-state index contributed by atoms with van der Waals surface area (Å²) in [6.07, 6.45) is 4.34. The Kier molecular flexibility index (Phi) is 7.63. The molecule has 4 nitrogen and oxygen atoms in total. The average Bonchev–Trinajstić information content (AvgIpc) is 2.76. The van der Waals surface area contributed by atoms with Gasteiger partial charge in [-0.25, -0.2) is 13.8 Å². The smallest absolute Gasteiger partial charge is 0.254 e. The second-order valence-corrected chi connectivity index (χ2v) is 7.94. The van der Waals surface area contributed by atoms with Gasteiger partial charge < -0.3 is 9.72 Å². The lowest BCUT2D eigenvalue weighted by Gasteiger charge is -2.17. The predicted molar refractivity (Wildman–Crippen MR) is 121 cm³/mol. The lowest BCUT2D eigenvalue weighted by molar-refractivity contribution is 0.415. The molecule has 1 unspecified atom stereocenters. The summed E-state index contributed by atoms with van der Waals surface area (Å²) in [6.45, 7) is 3.49. The van der Waals surface area contributed by atoms with Crippen LogP contribution in [-0.2, 0) is 6.42 Å². The zero-order valence-electron chi connectivity index (χ0n) is 17.6. The Labute approximate surface area is 184 Å². The number of aromatic nitrogens is 2. The van der Waals surface area contributed by atoms with Gasteiger partial charge in [-0.1, -0.05) is 56.0 Å². The van der Waals surface area contributed by atoms with Crippen molar-refractivity contribution in [3.05, 3.63) is 92.9 Å². The van der Waals surface area contributed by atoms with Crippen LogP contribution < -0.4 is 10.3 Å². The molecule has 0 aliphatic rings. The molecule has 0 saturated carbocycles. The fraction of sp³-hybridized carbons (Fsp3) is 0.250. The van der Waals surface area contributed by atoms with E-state index >= 15 is 0 Å². The van der Waals surface area contributed by atoms with Crippen LogP contribution in [0.25, 0.3) is 6.08 Å². The van der Waals surface area contributed by atoms with Crippen LogP contribution in [-0.4, -0.2) is 22.8 Å². The Morgan fingerprint density at radius 2 is 1.84 bits per heavy atom. The summed E-state index contributed by atoms with van der Waals surface area (Å²) in [5.74, 6) is -0.617. The summed E-state index contributed by atoms with van der Waals surface area (Å²) in [7, 11) is 1.62. The fourth-order valence-electron chi connectivity index (χ4n) is 3.35. The van der Waals surface area contributed by atoms with Gasteiger partial charge in [-0.2, -0.15) is 0 Å². The van der Waals surface area contributed by atoms with E-state index in [0.29, 0.717) is 28.6 Å². The van der Waals surface area contributed by atoms with Gasteiger partial charge in [0.05, 0.1) is 12.8 Å². The van der Waals surface area contributed by atoms with E-state index in [9.17, 15) is 13.6 Å². The summed E-state index contributed by atoms with van der Waals surface area (Å²) in [4.78, 5) is 19.9. The summed E-state index contributed by atoms with van der Waals surface area (Å²) in [5.41, 5.74) is 1.50. The predicted octanol–water partition coefficient (Wildman–Crippen LogP) is 5.58. The maximum Gasteiger partial charge on any atom is 0.254 e. The highest BCUT2D eigenvalue weighted by Crippen LogP contribution is 2.29. The van der Waals surface area contributed by atoms with E-state index in [-0.39, 0.29) is 11.1 Å². The highest BCUT2D eigenvalue weighted by Gasteiger charge is 2.23. The number of aromatic amines is 1. The minimum Gasteiger partial charge on any atom is -0.497 e. The number of thioether (sulfide) groups is 1. The largest absolute Gasteiger partial charge is 0.497 e. The van der Waals surface area contributed by atoms with Gasteiger partial charge in [0, 0.05) is 22.8 Å². The van der Waals surface area contributed by atoms with Crippen LogP contribution in [0.15, 0.2) is 58.5 Å². The topological polar surface area (TPSA) is 55.0 Å². The number of hydrogen-bond acceptors (Lipinski definition) is 4. The van der Waals surface area contributed by atoms with Crippen LogP contribution in [0.2, 0.25) is 0 Å².